The highest BCUT2D eigenvalue weighted by Gasteiger charge is 2.18. The van der Waals surface area contributed by atoms with Gasteiger partial charge in [0.05, 0.1) is 18.9 Å². The van der Waals surface area contributed by atoms with Crippen LogP contribution in [0.4, 0.5) is 0 Å². The molecule has 2 heterocycles. The topological polar surface area (TPSA) is 110 Å². The smallest absolute Gasteiger partial charge is 0.290 e. The van der Waals surface area contributed by atoms with Crippen LogP contribution in [0.25, 0.3) is 22.7 Å². The van der Waals surface area contributed by atoms with E-state index in [-0.39, 0.29) is 12.2 Å². The largest absolute Gasteiger partial charge is 0.507 e. The second-order valence-corrected chi connectivity index (χ2v) is 5.21. The van der Waals surface area contributed by atoms with Gasteiger partial charge >= 0.3 is 0 Å². The van der Waals surface area contributed by atoms with Gasteiger partial charge in [0, 0.05) is 12.1 Å². The fourth-order valence-corrected chi connectivity index (χ4v) is 2.55. The number of aromatic nitrogens is 4. The van der Waals surface area contributed by atoms with Crippen molar-refractivity contribution < 1.29 is 19.7 Å². The Labute approximate surface area is 142 Å². The fourth-order valence-electron chi connectivity index (χ4n) is 2.28. The molecule has 0 aliphatic rings. The zero-order valence-electron chi connectivity index (χ0n) is 13.2. The van der Waals surface area contributed by atoms with Crippen molar-refractivity contribution in [2.24, 2.45) is 7.05 Å². The molecule has 8 nitrogen and oxygen atoms in total. The molecule has 0 unspecified atom stereocenters. The van der Waals surface area contributed by atoms with Gasteiger partial charge in [-0.05, 0) is 24.6 Å². The number of carboxylic acid groups (broad SMARTS) is 1. The number of hydrogen-bond donors (Lipinski definition) is 2. The number of aryl methyl sites for hydroxylation is 2. The van der Waals surface area contributed by atoms with E-state index < -0.39 is 0 Å². The molecule has 0 bridgehead atoms. The maximum atomic E-state index is 10.2. The van der Waals surface area contributed by atoms with E-state index in [9.17, 15) is 5.11 Å². The molecule has 0 aliphatic heterocycles. The summed E-state index contributed by atoms with van der Waals surface area (Å²) in [7, 11) is 3.34. The molecule has 0 saturated heterocycles. The molecule has 9 heteroatoms. The van der Waals surface area contributed by atoms with Crippen LogP contribution in [0.15, 0.2) is 18.3 Å². The van der Waals surface area contributed by atoms with Gasteiger partial charge in [-0.3, -0.25) is 4.79 Å². The summed E-state index contributed by atoms with van der Waals surface area (Å²) < 4.78 is 6.83. The number of rotatable bonds is 2. The first-order chi connectivity index (χ1) is 11.4. The van der Waals surface area contributed by atoms with E-state index in [0.717, 1.165) is 5.56 Å². The number of methoxy groups -OCH3 is 1. The number of hydrogen-bond acceptors (Lipinski definition) is 6. The van der Waals surface area contributed by atoms with Crippen LogP contribution in [0.5, 0.6) is 11.6 Å². The molecule has 2 aromatic heterocycles. The number of ether oxygens (including phenoxy) is 1. The van der Waals surface area contributed by atoms with Gasteiger partial charge in [0.15, 0.2) is 5.65 Å². The highest BCUT2D eigenvalue weighted by atomic mass is 35.5. The summed E-state index contributed by atoms with van der Waals surface area (Å²) in [4.78, 5) is 21.3. The van der Waals surface area contributed by atoms with Crippen LogP contribution in [0.2, 0.25) is 5.02 Å². The minimum atomic E-state index is -0.250. The lowest BCUT2D eigenvalue weighted by Crippen LogP contribution is -1.96. The van der Waals surface area contributed by atoms with Gasteiger partial charge in [0.25, 0.3) is 6.47 Å². The van der Waals surface area contributed by atoms with Gasteiger partial charge in [0.2, 0.25) is 11.5 Å². The third kappa shape index (κ3) is 3.23. The first-order valence-electron chi connectivity index (χ1n) is 6.73. The monoisotopic (exact) mass is 350 g/mol. The van der Waals surface area contributed by atoms with Crippen molar-refractivity contribution in [3.05, 3.63) is 28.9 Å². The third-order valence-electron chi connectivity index (χ3n) is 3.27. The first kappa shape index (κ1) is 17.5. The molecule has 24 heavy (non-hydrogen) atoms. The highest BCUT2D eigenvalue weighted by Crippen LogP contribution is 2.35. The lowest BCUT2D eigenvalue weighted by atomic mass is 10.1. The van der Waals surface area contributed by atoms with E-state index in [2.05, 4.69) is 15.0 Å². The number of phenolic OH excluding ortho intramolecular Hbond substituents is 1. The standard InChI is InChI=1S/C14H13ClN4O2.CH2O2/c1-7-4-8(15)5-9(20)11(7)13-18-12-14(19(13)2)16-6-10(17-12)21-3;2-1-3/h4-6,20H,1-3H3;1H,(H,2,3). The second-order valence-electron chi connectivity index (χ2n) is 4.78. The van der Waals surface area contributed by atoms with E-state index >= 15 is 0 Å². The number of aromatic hydroxyl groups is 1. The predicted octanol–water partition coefficient (Wildman–Crippen LogP) is 2.41. The van der Waals surface area contributed by atoms with Crippen LogP contribution >= 0.6 is 11.6 Å². The molecular formula is C15H15ClN4O4. The summed E-state index contributed by atoms with van der Waals surface area (Å²) in [6.45, 7) is 1.61. The van der Waals surface area contributed by atoms with Crippen molar-refractivity contribution in [3.8, 4) is 23.0 Å². The molecule has 0 spiro atoms. The van der Waals surface area contributed by atoms with Crippen molar-refractivity contribution in [1.82, 2.24) is 19.5 Å². The minimum Gasteiger partial charge on any atom is -0.507 e. The Morgan fingerprint density at radius 2 is 2.00 bits per heavy atom. The van der Waals surface area contributed by atoms with Gasteiger partial charge in [-0.25, -0.2) is 9.97 Å². The van der Waals surface area contributed by atoms with Gasteiger partial charge in [0.1, 0.15) is 11.6 Å². The number of nitrogens with zero attached hydrogens (tertiary/aromatic N) is 4. The second kappa shape index (κ2) is 7.14. The SMILES string of the molecule is COc1cnc2c(n1)nc(-c1c(C)cc(Cl)cc1O)n2C.O=CO. The van der Waals surface area contributed by atoms with E-state index in [1.807, 2.05) is 14.0 Å². The lowest BCUT2D eigenvalue weighted by molar-refractivity contribution is -0.122. The third-order valence-corrected chi connectivity index (χ3v) is 3.49. The minimum absolute atomic E-state index is 0.0744. The van der Waals surface area contributed by atoms with E-state index in [1.54, 1.807) is 10.6 Å². The normalized spacial score (nSPS) is 10.2. The Kier molecular flexibility index (Phi) is 5.20. The average molecular weight is 351 g/mol. The van der Waals surface area contributed by atoms with Gasteiger partial charge in [-0.2, -0.15) is 4.98 Å². The van der Waals surface area contributed by atoms with Crippen LogP contribution < -0.4 is 4.74 Å². The lowest BCUT2D eigenvalue weighted by Gasteiger charge is -2.08. The van der Waals surface area contributed by atoms with Crippen molar-refractivity contribution >= 4 is 29.4 Å². The molecule has 0 fully saturated rings. The number of benzene rings is 1. The van der Waals surface area contributed by atoms with Crippen molar-refractivity contribution in [2.45, 2.75) is 6.92 Å². The molecule has 0 aliphatic carbocycles. The fraction of sp³-hybridized carbons (Fsp3) is 0.200. The van der Waals surface area contributed by atoms with Crippen LogP contribution in [-0.4, -0.2) is 43.3 Å². The number of carbonyl (C=O) groups is 1. The molecule has 0 saturated carbocycles. The molecule has 0 atom stereocenters. The molecule has 1 aromatic carbocycles. The quantitative estimate of drug-likeness (QED) is 0.683. The summed E-state index contributed by atoms with van der Waals surface area (Å²) >= 11 is 5.94. The molecule has 0 radical (unpaired) electrons. The van der Waals surface area contributed by atoms with Crippen LogP contribution in [0.1, 0.15) is 5.56 Å². The van der Waals surface area contributed by atoms with Crippen molar-refractivity contribution in [1.29, 1.82) is 0 Å². The predicted molar refractivity (Wildman–Crippen MR) is 88.4 cm³/mol. The Morgan fingerprint density at radius 1 is 1.33 bits per heavy atom. The van der Waals surface area contributed by atoms with Gasteiger partial charge in [-0.15, -0.1) is 0 Å². The Balaban J connectivity index is 0.000000647. The molecular weight excluding hydrogens is 336 g/mol. The molecule has 126 valence electrons. The molecule has 2 N–H and O–H groups in total. The van der Waals surface area contributed by atoms with E-state index in [1.165, 1.54) is 19.4 Å². The Bertz CT molecular complexity index is 872. The van der Waals surface area contributed by atoms with Crippen LogP contribution in [0, 0.1) is 6.92 Å². The molecule has 3 aromatic rings. The number of fused-ring (bicyclic) bond motifs is 1. The van der Waals surface area contributed by atoms with Crippen molar-refractivity contribution in [3.63, 3.8) is 0 Å². The molecule has 0 amide bonds. The number of halogens is 1. The van der Waals surface area contributed by atoms with Gasteiger partial charge in [-0.1, -0.05) is 11.6 Å². The number of imidazole rings is 1. The summed E-state index contributed by atoms with van der Waals surface area (Å²) in [5.74, 6) is 1.04. The summed E-state index contributed by atoms with van der Waals surface area (Å²) in [5.41, 5.74) is 2.51. The zero-order valence-corrected chi connectivity index (χ0v) is 13.9. The van der Waals surface area contributed by atoms with E-state index in [4.69, 9.17) is 26.2 Å². The summed E-state index contributed by atoms with van der Waals surface area (Å²) in [6, 6.07) is 3.27. The maximum Gasteiger partial charge on any atom is 0.290 e. The Hall–Kier alpha value is -2.87. The van der Waals surface area contributed by atoms with Crippen LogP contribution in [-0.2, 0) is 11.8 Å². The molecule has 3 rings (SSSR count). The first-order valence-corrected chi connectivity index (χ1v) is 7.11. The highest BCUT2D eigenvalue weighted by molar-refractivity contribution is 6.31. The van der Waals surface area contributed by atoms with E-state index in [0.29, 0.717) is 33.6 Å². The van der Waals surface area contributed by atoms with Crippen molar-refractivity contribution in [2.75, 3.05) is 7.11 Å². The number of phenols is 1. The Morgan fingerprint density at radius 3 is 2.58 bits per heavy atom. The average Bonchev–Trinajstić information content (AvgIpc) is 2.83. The maximum absolute atomic E-state index is 10.2. The summed E-state index contributed by atoms with van der Waals surface area (Å²) in [5, 5.41) is 17.5. The van der Waals surface area contributed by atoms with Gasteiger partial charge < -0.3 is 19.5 Å². The van der Waals surface area contributed by atoms with Crippen LogP contribution in [0.3, 0.4) is 0 Å². The summed E-state index contributed by atoms with van der Waals surface area (Å²) in [6.07, 6.45) is 1.53. The zero-order chi connectivity index (χ0) is 17.9.